The second kappa shape index (κ2) is 7.80. The molecule has 3 heterocycles. The average molecular weight is 418 g/mol. The van der Waals surface area contributed by atoms with Crippen LogP contribution in [0, 0.1) is 0 Å². The van der Waals surface area contributed by atoms with Crippen molar-refractivity contribution in [2.45, 2.75) is 0 Å². The van der Waals surface area contributed by atoms with Crippen LogP contribution < -0.4 is 4.90 Å². The van der Waals surface area contributed by atoms with Gasteiger partial charge in [-0.25, -0.2) is 9.97 Å². The zero-order chi connectivity index (χ0) is 20.5. The molecule has 2 aromatic heterocycles. The maximum atomic E-state index is 13.0. The van der Waals surface area contributed by atoms with E-state index >= 15 is 0 Å². The van der Waals surface area contributed by atoms with Gasteiger partial charge < -0.3 is 14.8 Å². The number of carbonyl (C=O) groups excluding carboxylic acids is 1. The van der Waals surface area contributed by atoms with Gasteiger partial charge in [0.25, 0.3) is 5.91 Å². The van der Waals surface area contributed by atoms with E-state index in [9.17, 15) is 4.79 Å². The Morgan fingerprint density at radius 1 is 0.967 bits per heavy atom. The molecule has 1 fully saturated rings. The Kier molecular flexibility index (Phi) is 4.85. The molecule has 1 saturated heterocycles. The number of aromatic amines is 1. The van der Waals surface area contributed by atoms with Crippen molar-refractivity contribution in [2.75, 3.05) is 31.1 Å². The van der Waals surface area contributed by atoms with Crippen LogP contribution in [0.15, 0.2) is 66.9 Å². The summed E-state index contributed by atoms with van der Waals surface area (Å²) in [5.41, 5.74) is 2.50. The highest BCUT2D eigenvalue weighted by atomic mass is 35.5. The monoisotopic (exact) mass is 417 g/mol. The number of fused-ring (bicyclic) bond motifs is 1. The lowest BCUT2D eigenvalue weighted by Gasteiger charge is -2.35. The summed E-state index contributed by atoms with van der Waals surface area (Å²) in [5.74, 6) is 1.61. The Labute approximate surface area is 179 Å². The molecule has 1 aliphatic rings. The maximum Gasteiger partial charge on any atom is 0.270 e. The number of nitrogens with one attached hydrogen (secondary N) is 1. The number of H-pyrrole nitrogens is 1. The normalized spacial score (nSPS) is 14.3. The number of halogens is 1. The molecule has 0 atom stereocenters. The van der Waals surface area contributed by atoms with Gasteiger partial charge in [-0.05, 0) is 30.3 Å². The van der Waals surface area contributed by atoms with Crippen molar-refractivity contribution >= 4 is 34.2 Å². The topological polar surface area (TPSA) is 65.1 Å². The Balaban J connectivity index is 1.28. The molecule has 0 spiro atoms. The minimum atomic E-state index is 0.00892. The Morgan fingerprint density at radius 2 is 1.77 bits per heavy atom. The molecule has 1 aliphatic heterocycles. The van der Waals surface area contributed by atoms with Crippen molar-refractivity contribution in [2.24, 2.45) is 0 Å². The summed E-state index contributed by atoms with van der Waals surface area (Å²) in [6.45, 7) is 2.73. The zero-order valence-corrected chi connectivity index (χ0v) is 17.0. The van der Waals surface area contributed by atoms with Crippen molar-refractivity contribution in [3.8, 4) is 11.4 Å². The average Bonchev–Trinajstić information content (AvgIpc) is 3.22. The van der Waals surface area contributed by atoms with Crippen LogP contribution in [-0.2, 0) is 0 Å². The number of benzene rings is 2. The molecule has 4 aromatic rings. The maximum absolute atomic E-state index is 13.0. The molecule has 6 nitrogen and oxygen atoms in total. The van der Waals surface area contributed by atoms with E-state index in [0.717, 1.165) is 35.4 Å². The fourth-order valence-electron chi connectivity index (χ4n) is 3.78. The van der Waals surface area contributed by atoms with E-state index < -0.39 is 0 Å². The van der Waals surface area contributed by atoms with Crippen molar-refractivity contribution < 1.29 is 4.79 Å². The van der Waals surface area contributed by atoms with E-state index in [1.807, 2.05) is 65.6 Å². The summed E-state index contributed by atoms with van der Waals surface area (Å²) in [7, 11) is 0. The first kappa shape index (κ1) is 18.6. The van der Waals surface area contributed by atoms with Crippen LogP contribution in [0.2, 0.25) is 5.02 Å². The second-order valence-electron chi connectivity index (χ2n) is 7.30. The van der Waals surface area contributed by atoms with Crippen molar-refractivity contribution in [1.29, 1.82) is 0 Å². The quantitative estimate of drug-likeness (QED) is 0.541. The second-order valence-corrected chi connectivity index (χ2v) is 7.73. The fourth-order valence-corrected chi connectivity index (χ4v) is 3.96. The third-order valence-corrected chi connectivity index (χ3v) is 5.61. The molecular formula is C23H20ClN5O. The predicted molar refractivity (Wildman–Crippen MR) is 119 cm³/mol. The molecule has 1 amide bonds. The number of anilines is 1. The zero-order valence-electron chi connectivity index (χ0n) is 16.3. The summed E-state index contributed by atoms with van der Waals surface area (Å²) in [4.78, 5) is 29.4. The van der Waals surface area contributed by atoms with E-state index in [-0.39, 0.29) is 5.91 Å². The minimum absolute atomic E-state index is 0.00892. The first-order chi connectivity index (χ1) is 14.7. The Hall–Kier alpha value is -3.38. The smallest absolute Gasteiger partial charge is 0.270 e. The number of amides is 1. The Morgan fingerprint density at radius 3 is 2.57 bits per heavy atom. The minimum Gasteiger partial charge on any atom is -0.353 e. The van der Waals surface area contributed by atoms with Crippen LogP contribution in [0.25, 0.3) is 22.3 Å². The van der Waals surface area contributed by atoms with E-state index in [0.29, 0.717) is 29.6 Å². The number of piperazine rings is 1. The number of rotatable bonds is 3. The van der Waals surface area contributed by atoms with E-state index in [1.165, 1.54) is 0 Å². The highest BCUT2D eigenvalue weighted by Crippen LogP contribution is 2.22. The van der Waals surface area contributed by atoms with Crippen LogP contribution in [0.5, 0.6) is 0 Å². The van der Waals surface area contributed by atoms with E-state index in [1.54, 1.807) is 6.20 Å². The molecule has 5 rings (SSSR count). The summed E-state index contributed by atoms with van der Waals surface area (Å²) in [6, 6.07) is 19.3. The molecule has 7 heteroatoms. The van der Waals surface area contributed by atoms with Gasteiger partial charge in [-0.1, -0.05) is 41.9 Å². The number of aromatic nitrogens is 3. The molecule has 30 heavy (non-hydrogen) atoms. The fraction of sp³-hybridized carbons (Fsp3) is 0.174. The van der Waals surface area contributed by atoms with Gasteiger partial charge in [0.15, 0.2) is 5.82 Å². The van der Waals surface area contributed by atoms with Gasteiger partial charge >= 0.3 is 0 Å². The molecule has 2 aromatic carbocycles. The molecule has 0 saturated carbocycles. The molecule has 150 valence electrons. The van der Waals surface area contributed by atoms with Crippen molar-refractivity contribution in [3.63, 3.8) is 0 Å². The molecule has 1 N–H and O–H groups in total. The lowest BCUT2D eigenvalue weighted by Crippen LogP contribution is -2.49. The van der Waals surface area contributed by atoms with Gasteiger partial charge in [0.1, 0.15) is 11.5 Å². The van der Waals surface area contributed by atoms with Crippen LogP contribution >= 0.6 is 11.6 Å². The molecule has 0 radical (unpaired) electrons. The largest absolute Gasteiger partial charge is 0.353 e. The lowest BCUT2D eigenvalue weighted by molar-refractivity contribution is 0.0741. The molecule has 0 aliphatic carbocycles. The first-order valence-corrected chi connectivity index (χ1v) is 10.3. The third kappa shape index (κ3) is 3.62. The van der Waals surface area contributed by atoms with Crippen LogP contribution in [0.1, 0.15) is 10.5 Å². The van der Waals surface area contributed by atoms with Crippen LogP contribution in [0.4, 0.5) is 5.82 Å². The van der Waals surface area contributed by atoms with E-state index in [4.69, 9.17) is 16.6 Å². The van der Waals surface area contributed by atoms with Gasteiger partial charge in [-0.15, -0.1) is 0 Å². The summed E-state index contributed by atoms with van der Waals surface area (Å²) >= 11 is 6.06. The highest BCUT2D eigenvalue weighted by Gasteiger charge is 2.24. The van der Waals surface area contributed by atoms with Gasteiger partial charge in [0.05, 0.1) is 0 Å². The number of carbonyl (C=O) groups is 1. The molecular weight excluding hydrogens is 398 g/mol. The highest BCUT2D eigenvalue weighted by molar-refractivity contribution is 6.31. The van der Waals surface area contributed by atoms with Crippen LogP contribution in [0.3, 0.4) is 0 Å². The third-order valence-electron chi connectivity index (χ3n) is 5.38. The Bertz CT molecular complexity index is 1200. The summed E-state index contributed by atoms with van der Waals surface area (Å²) < 4.78 is 0. The summed E-state index contributed by atoms with van der Waals surface area (Å²) in [6.07, 6.45) is 1.79. The number of hydrogen-bond acceptors (Lipinski definition) is 4. The van der Waals surface area contributed by atoms with Gasteiger partial charge in [0.2, 0.25) is 0 Å². The standard InChI is InChI=1S/C23H20ClN5O/c24-18-6-7-19-17(14-18)15-20(26-19)23(30)29-12-10-28(11-13-29)21-8-9-25-22(27-21)16-4-2-1-3-5-16/h1-9,14-15,26H,10-13H2. The first-order valence-electron chi connectivity index (χ1n) is 9.88. The number of nitrogens with zero attached hydrogens (tertiary/aromatic N) is 4. The number of hydrogen-bond donors (Lipinski definition) is 1. The lowest BCUT2D eigenvalue weighted by atomic mass is 10.2. The SMILES string of the molecule is O=C(c1cc2cc(Cl)ccc2[nH]1)N1CCN(c2ccnc(-c3ccccc3)n2)CC1. The van der Waals surface area contributed by atoms with Crippen molar-refractivity contribution in [3.05, 3.63) is 77.6 Å². The van der Waals surface area contributed by atoms with Crippen molar-refractivity contribution in [1.82, 2.24) is 19.9 Å². The predicted octanol–water partition coefficient (Wildman–Crippen LogP) is 4.24. The molecule has 0 bridgehead atoms. The van der Waals surface area contributed by atoms with Gasteiger partial charge in [0, 0.05) is 53.9 Å². The van der Waals surface area contributed by atoms with Gasteiger partial charge in [-0.3, -0.25) is 4.79 Å². The summed E-state index contributed by atoms with van der Waals surface area (Å²) in [5, 5.41) is 1.60. The van der Waals surface area contributed by atoms with E-state index in [2.05, 4.69) is 14.9 Å². The molecule has 0 unspecified atom stereocenters. The van der Waals surface area contributed by atoms with Gasteiger partial charge in [-0.2, -0.15) is 0 Å². The van der Waals surface area contributed by atoms with Crippen LogP contribution in [-0.4, -0.2) is 51.9 Å².